The first kappa shape index (κ1) is 23.7. The summed E-state index contributed by atoms with van der Waals surface area (Å²) >= 11 is 0. The van der Waals surface area contributed by atoms with Gasteiger partial charge in [-0.1, -0.05) is 107 Å². The van der Waals surface area contributed by atoms with Crippen LogP contribution in [-0.2, 0) is 5.41 Å². The summed E-state index contributed by atoms with van der Waals surface area (Å²) < 4.78 is 0. The van der Waals surface area contributed by atoms with Crippen LogP contribution >= 0.6 is 0 Å². The van der Waals surface area contributed by atoms with Gasteiger partial charge in [-0.15, -0.1) is 0 Å². The third-order valence-corrected chi connectivity index (χ3v) is 7.61. The average Bonchev–Trinajstić information content (AvgIpc) is 3.08. The lowest BCUT2D eigenvalue weighted by atomic mass is 9.70. The summed E-state index contributed by atoms with van der Waals surface area (Å²) in [5.74, 6) is 0. The van der Waals surface area contributed by atoms with E-state index in [0.717, 1.165) is 11.4 Å². The minimum atomic E-state index is 0.137. The second-order valence-corrected chi connectivity index (χ2v) is 10.2. The summed E-state index contributed by atoms with van der Waals surface area (Å²) in [6.07, 6.45) is 13.1. The van der Waals surface area contributed by atoms with Gasteiger partial charge in [0.2, 0.25) is 0 Å². The largest absolute Gasteiger partial charge is 0.253 e. The number of pyridine rings is 1. The highest BCUT2D eigenvalue weighted by Gasteiger charge is 2.42. The topological polar surface area (TPSA) is 12.9 Å². The number of hydrogen-bond acceptors (Lipinski definition) is 1. The maximum absolute atomic E-state index is 4.85. The second kappa shape index (κ2) is 10.7. The number of hydrogen-bond donors (Lipinski definition) is 0. The van der Waals surface area contributed by atoms with Gasteiger partial charge in [-0.3, -0.25) is 4.98 Å². The van der Waals surface area contributed by atoms with E-state index in [-0.39, 0.29) is 5.41 Å². The molecule has 0 unspecified atom stereocenters. The van der Waals surface area contributed by atoms with Crippen molar-refractivity contribution in [2.75, 3.05) is 0 Å². The smallest absolute Gasteiger partial charge is 0.0705 e. The lowest BCUT2D eigenvalue weighted by Gasteiger charge is -2.33. The average molecular weight is 440 g/mol. The fourth-order valence-corrected chi connectivity index (χ4v) is 5.84. The summed E-state index contributed by atoms with van der Waals surface area (Å²) in [6.45, 7) is 8.96. The molecule has 1 aliphatic carbocycles. The van der Waals surface area contributed by atoms with Crippen LogP contribution < -0.4 is 0 Å². The molecule has 3 aromatic rings. The van der Waals surface area contributed by atoms with Crippen molar-refractivity contribution < 1.29 is 0 Å². The van der Waals surface area contributed by atoms with Gasteiger partial charge in [-0.25, -0.2) is 0 Å². The Bertz CT molecular complexity index is 1070. The van der Waals surface area contributed by atoms with Gasteiger partial charge in [0, 0.05) is 16.7 Å². The summed E-state index contributed by atoms with van der Waals surface area (Å²) in [6, 6.07) is 20.7. The summed E-state index contributed by atoms with van der Waals surface area (Å²) in [4.78, 5) is 4.85. The lowest BCUT2D eigenvalue weighted by molar-refractivity contribution is 0.401. The van der Waals surface area contributed by atoms with E-state index in [1.54, 1.807) is 11.1 Å². The molecule has 0 amide bonds. The number of benzene rings is 2. The van der Waals surface area contributed by atoms with Crippen molar-refractivity contribution in [3.8, 4) is 22.4 Å². The van der Waals surface area contributed by atoms with Crippen molar-refractivity contribution in [1.82, 2.24) is 4.98 Å². The first-order valence-electron chi connectivity index (χ1n) is 13.3. The molecule has 0 spiro atoms. The molecule has 1 aromatic heterocycles. The van der Waals surface area contributed by atoms with Gasteiger partial charge in [-0.05, 0) is 67.1 Å². The Balaban J connectivity index is 1.82. The molecule has 0 aliphatic heterocycles. The van der Waals surface area contributed by atoms with E-state index in [1.165, 1.54) is 86.5 Å². The fraction of sp³-hybridized carbons (Fsp3) is 0.469. The number of nitrogens with zero attached hydrogens (tertiary/aromatic N) is 1. The highest BCUT2D eigenvalue weighted by molar-refractivity contribution is 5.83. The Labute approximate surface area is 201 Å². The molecule has 33 heavy (non-hydrogen) atoms. The molecule has 0 fully saturated rings. The van der Waals surface area contributed by atoms with E-state index < -0.39 is 0 Å². The number of aryl methyl sites for hydroxylation is 2. The molecule has 1 heterocycles. The van der Waals surface area contributed by atoms with E-state index >= 15 is 0 Å². The van der Waals surface area contributed by atoms with Crippen LogP contribution in [0.2, 0.25) is 0 Å². The van der Waals surface area contributed by atoms with Crippen LogP contribution in [0.4, 0.5) is 0 Å². The van der Waals surface area contributed by atoms with Crippen LogP contribution in [0.25, 0.3) is 22.4 Å². The van der Waals surface area contributed by atoms with Crippen LogP contribution in [0.15, 0.2) is 54.6 Å². The van der Waals surface area contributed by atoms with Crippen molar-refractivity contribution in [2.45, 2.75) is 97.3 Å². The molecule has 0 bridgehead atoms. The van der Waals surface area contributed by atoms with Gasteiger partial charge in [0.25, 0.3) is 0 Å². The number of aromatic nitrogens is 1. The van der Waals surface area contributed by atoms with E-state index in [1.807, 2.05) is 0 Å². The molecule has 0 saturated heterocycles. The van der Waals surface area contributed by atoms with Gasteiger partial charge in [0.15, 0.2) is 0 Å². The lowest BCUT2D eigenvalue weighted by Crippen LogP contribution is -2.25. The molecule has 1 aliphatic rings. The minimum Gasteiger partial charge on any atom is -0.253 e. The highest BCUT2D eigenvalue weighted by Crippen LogP contribution is 2.55. The zero-order chi connectivity index (χ0) is 23.3. The summed E-state index contributed by atoms with van der Waals surface area (Å²) in [7, 11) is 0. The van der Waals surface area contributed by atoms with E-state index in [2.05, 4.69) is 82.3 Å². The first-order chi connectivity index (χ1) is 16.1. The van der Waals surface area contributed by atoms with Crippen molar-refractivity contribution in [3.05, 3.63) is 77.0 Å². The first-order valence-corrected chi connectivity index (χ1v) is 13.3. The van der Waals surface area contributed by atoms with Gasteiger partial charge < -0.3 is 0 Å². The SMILES string of the molecule is CCCCCCC1(CCCCCC)c2cc(C)ccc2-c2ccc(-c3cccc(C)n3)cc21. The fourth-order valence-electron chi connectivity index (χ4n) is 5.84. The van der Waals surface area contributed by atoms with Crippen LogP contribution in [0.5, 0.6) is 0 Å². The predicted octanol–water partition coefficient (Wildman–Crippen LogP) is 9.57. The molecule has 0 saturated carbocycles. The van der Waals surface area contributed by atoms with Crippen molar-refractivity contribution in [1.29, 1.82) is 0 Å². The predicted molar refractivity (Wildman–Crippen MR) is 143 cm³/mol. The molecule has 1 heteroatoms. The number of rotatable bonds is 11. The molecular formula is C32H41N. The zero-order valence-corrected chi connectivity index (χ0v) is 21.2. The Hall–Kier alpha value is -2.41. The molecule has 174 valence electrons. The summed E-state index contributed by atoms with van der Waals surface area (Å²) in [5, 5.41) is 0. The van der Waals surface area contributed by atoms with Crippen molar-refractivity contribution in [3.63, 3.8) is 0 Å². The Morgan fingerprint density at radius 3 is 1.94 bits per heavy atom. The maximum atomic E-state index is 4.85. The normalized spacial score (nSPS) is 13.7. The van der Waals surface area contributed by atoms with Crippen LogP contribution in [0.1, 0.15) is 100 Å². The maximum Gasteiger partial charge on any atom is 0.0705 e. The molecular weight excluding hydrogens is 398 g/mol. The van der Waals surface area contributed by atoms with Crippen molar-refractivity contribution in [2.24, 2.45) is 0 Å². The number of unbranched alkanes of at least 4 members (excludes halogenated alkanes) is 6. The van der Waals surface area contributed by atoms with Gasteiger partial charge in [0.1, 0.15) is 0 Å². The van der Waals surface area contributed by atoms with Gasteiger partial charge >= 0.3 is 0 Å². The Morgan fingerprint density at radius 2 is 1.30 bits per heavy atom. The van der Waals surface area contributed by atoms with Gasteiger partial charge in [0.05, 0.1) is 5.69 Å². The Morgan fingerprint density at radius 1 is 0.667 bits per heavy atom. The van der Waals surface area contributed by atoms with Crippen LogP contribution in [-0.4, -0.2) is 4.98 Å². The second-order valence-electron chi connectivity index (χ2n) is 10.2. The zero-order valence-electron chi connectivity index (χ0n) is 21.2. The highest BCUT2D eigenvalue weighted by atomic mass is 14.7. The summed E-state index contributed by atoms with van der Waals surface area (Å²) in [5.41, 5.74) is 11.0. The third-order valence-electron chi connectivity index (χ3n) is 7.61. The van der Waals surface area contributed by atoms with Crippen LogP contribution in [0.3, 0.4) is 0 Å². The minimum absolute atomic E-state index is 0.137. The molecule has 0 N–H and O–H groups in total. The van der Waals surface area contributed by atoms with E-state index in [9.17, 15) is 0 Å². The quantitative estimate of drug-likeness (QED) is 0.271. The standard InChI is InChI=1S/C32H41N/c1-5-7-9-11-20-32(21-12-10-8-6-2)29-22-24(3)16-18-27(29)28-19-17-26(23-30(28)32)31-15-13-14-25(4)33-31/h13-19,22-23H,5-12,20-21H2,1-4H3. The van der Waals surface area contributed by atoms with Gasteiger partial charge in [-0.2, -0.15) is 0 Å². The molecule has 1 nitrogen and oxygen atoms in total. The van der Waals surface area contributed by atoms with E-state index in [4.69, 9.17) is 4.98 Å². The van der Waals surface area contributed by atoms with Crippen molar-refractivity contribution >= 4 is 0 Å². The molecule has 2 aromatic carbocycles. The molecule has 0 radical (unpaired) electrons. The molecule has 4 rings (SSSR count). The monoisotopic (exact) mass is 439 g/mol. The third kappa shape index (κ3) is 4.93. The number of fused-ring (bicyclic) bond motifs is 3. The Kier molecular flexibility index (Phi) is 7.68. The van der Waals surface area contributed by atoms with Crippen LogP contribution in [0, 0.1) is 13.8 Å². The molecule has 0 atom stereocenters. The van der Waals surface area contributed by atoms with E-state index in [0.29, 0.717) is 0 Å².